The van der Waals surface area contributed by atoms with Crippen LogP contribution < -0.4 is 10.1 Å². The number of aromatic nitrogens is 1. The molecule has 120 valence electrons. The lowest BCUT2D eigenvalue weighted by Crippen LogP contribution is -2.59. The minimum Gasteiger partial charge on any atom is -0.481 e. The number of amides is 1. The first-order chi connectivity index (χ1) is 11.1. The zero-order chi connectivity index (χ0) is 16.4. The van der Waals surface area contributed by atoms with Gasteiger partial charge in [0, 0.05) is 5.39 Å². The molecule has 0 bridgehead atoms. The fraction of sp³-hybridized carbons (Fsp3) is 0.353. The van der Waals surface area contributed by atoms with E-state index in [1.807, 2.05) is 24.3 Å². The predicted octanol–water partition coefficient (Wildman–Crippen LogP) is 2.07. The van der Waals surface area contributed by atoms with Gasteiger partial charge in [-0.2, -0.15) is 0 Å². The Balaban J connectivity index is 1.93. The van der Waals surface area contributed by atoms with E-state index >= 15 is 0 Å². The molecular formula is C17H18N2O4. The van der Waals surface area contributed by atoms with Crippen molar-refractivity contribution in [3.05, 3.63) is 36.0 Å². The fourth-order valence-electron chi connectivity index (χ4n) is 2.83. The lowest BCUT2D eigenvalue weighted by Gasteiger charge is -2.39. The van der Waals surface area contributed by atoms with Gasteiger partial charge in [0.15, 0.2) is 0 Å². The maximum atomic E-state index is 12.5. The van der Waals surface area contributed by atoms with Crippen molar-refractivity contribution in [3.8, 4) is 5.88 Å². The molecule has 0 aliphatic heterocycles. The monoisotopic (exact) mass is 314 g/mol. The van der Waals surface area contributed by atoms with Crippen molar-refractivity contribution in [2.45, 2.75) is 24.8 Å². The van der Waals surface area contributed by atoms with Gasteiger partial charge in [0.2, 0.25) is 5.88 Å². The zero-order valence-electron chi connectivity index (χ0n) is 13.1. The molecule has 3 rings (SSSR count). The number of rotatable bonds is 4. The first kappa shape index (κ1) is 15.3. The molecule has 2 aromatic rings. The fourth-order valence-corrected chi connectivity index (χ4v) is 2.83. The van der Waals surface area contributed by atoms with Gasteiger partial charge in [0.1, 0.15) is 11.2 Å². The summed E-state index contributed by atoms with van der Waals surface area (Å²) in [7, 11) is 2.84. The lowest BCUT2D eigenvalue weighted by atomic mass is 9.76. The molecule has 1 amide bonds. The molecule has 1 aromatic heterocycles. The summed E-state index contributed by atoms with van der Waals surface area (Å²) in [4.78, 5) is 28.7. The average Bonchev–Trinajstić information content (AvgIpc) is 2.56. The molecule has 6 heteroatoms. The van der Waals surface area contributed by atoms with Crippen LogP contribution in [-0.2, 0) is 9.53 Å². The third kappa shape index (κ3) is 2.60. The number of carbonyl (C=O) groups is 2. The highest BCUT2D eigenvalue weighted by molar-refractivity contribution is 6.00. The zero-order valence-corrected chi connectivity index (χ0v) is 13.1. The quantitative estimate of drug-likeness (QED) is 0.874. The van der Waals surface area contributed by atoms with Gasteiger partial charge < -0.3 is 14.8 Å². The number of esters is 1. The molecule has 1 saturated carbocycles. The van der Waals surface area contributed by atoms with E-state index in [-0.39, 0.29) is 5.69 Å². The lowest BCUT2D eigenvalue weighted by molar-refractivity contribution is -0.152. The number of hydrogen-bond donors (Lipinski definition) is 1. The number of pyridine rings is 1. The van der Waals surface area contributed by atoms with Crippen LogP contribution in [0.3, 0.4) is 0 Å². The smallest absolute Gasteiger partial charge is 0.331 e. The molecule has 1 aromatic carbocycles. The van der Waals surface area contributed by atoms with Gasteiger partial charge in [0.05, 0.1) is 14.2 Å². The van der Waals surface area contributed by atoms with Gasteiger partial charge >= 0.3 is 5.97 Å². The van der Waals surface area contributed by atoms with Crippen LogP contribution in [0.1, 0.15) is 29.8 Å². The molecule has 0 unspecified atom stereocenters. The maximum Gasteiger partial charge on any atom is 0.331 e. The van der Waals surface area contributed by atoms with Gasteiger partial charge in [-0.25, -0.2) is 9.78 Å². The summed E-state index contributed by atoms with van der Waals surface area (Å²) >= 11 is 0. The summed E-state index contributed by atoms with van der Waals surface area (Å²) in [5.41, 5.74) is -0.706. The minimum atomic E-state index is -0.924. The molecule has 1 N–H and O–H groups in total. The van der Waals surface area contributed by atoms with Crippen molar-refractivity contribution < 1.29 is 19.1 Å². The van der Waals surface area contributed by atoms with E-state index in [2.05, 4.69) is 10.3 Å². The first-order valence-electron chi connectivity index (χ1n) is 7.44. The van der Waals surface area contributed by atoms with Crippen LogP contribution >= 0.6 is 0 Å². The minimum absolute atomic E-state index is 0.218. The van der Waals surface area contributed by atoms with E-state index in [4.69, 9.17) is 9.47 Å². The first-order valence-corrected chi connectivity index (χ1v) is 7.44. The second kappa shape index (κ2) is 5.87. The van der Waals surface area contributed by atoms with Gasteiger partial charge in [-0.3, -0.25) is 4.79 Å². The van der Waals surface area contributed by atoms with E-state index in [1.165, 1.54) is 14.2 Å². The summed E-state index contributed by atoms with van der Waals surface area (Å²) in [5.74, 6) is -0.432. The summed E-state index contributed by atoms with van der Waals surface area (Å²) in [6.45, 7) is 0. The van der Waals surface area contributed by atoms with Gasteiger partial charge in [-0.15, -0.1) is 0 Å². The Kier molecular flexibility index (Phi) is 3.90. The second-order valence-corrected chi connectivity index (χ2v) is 5.62. The summed E-state index contributed by atoms with van der Waals surface area (Å²) < 4.78 is 10.1. The van der Waals surface area contributed by atoms with Crippen molar-refractivity contribution >= 4 is 22.6 Å². The normalized spacial score (nSPS) is 15.6. The molecule has 0 spiro atoms. The Hall–Kier alpha value is -2.63. The number of methoxy groups -OCH3 is 2. The highest BCUT2D eigenvalue weighted by Crippen LogP contribution is 2.33. The molecule has 1 aliphatic carbocycles. The molecule has 0 atom stereocenters. The molecular weight excluding hydrogens is 296 g/mol. The highest BCUT2D eigenvalue weighted by atomic mass is 16.5. The van der Waals surface area contributed by atoms with Crippen molar-refractivity contribution in [3.63, 3.8) is 0 Å². The second-order valence-electron chi connectivity index (χ2n) is 5.62. The molecule has 0 radical (unpaired) electrons. The number of ether oxygens (including phenoxy) is 2. The Labute approximate surface area is 133 Å². The molecule has 1 aliphatic rings. The molecule has 23 heavy (non-hydrogen) atoms. The Morgan fingerprint density at radius 2 is 1.96 bits per heavy atom. The van der Waals surface area contributed by atoms with E-state index in [1.54, 1.807) is 6.07 Å². The molecule has 1 fully saturated rings. The van der Waals surface area contributed by atoms with Gasteiger partial charge in [-0.1, -0.05) is 18.2 Å². The molecule has 0 saturated heterocycles. The summed E-state index contributed by atoms with van der Waals surface area (Å²) in [6.07, 6.45) is 2.04. The standard InChI is InChI=1S/C17H18N2O4/c1-22-15-12-7-4-3-6-11(12)10-13(18-15)14(20)19-17(8-5-9-17)16(21)23-2/h3-4,6-7,10H,5,8-9H2,1-2H3,(H,19,20). The Morgan fingerprint density at radius 3 is 2.57 bits per heavy atom. The maximum absolute atomic E-state index is 12.5. The number of benzene rings is 1. The van der Waals surface area contributed by atoms with E-state index in [9.17, 15) is 9.59 Å². The average molecular weight is 314 g/mol. The van der Waals surface area contributed by atoms with Crippen molar-refractivity contribution in [2.75, 3.05) is 14.2 Å². The van der Waals surface area contributed by atoms with Crippen LogP contribution in [0.15, 0.2) is 30.3 Å². The highest BCUT2D eigenvalue weighted by Gasteiger charge is 2.46. The van der Waals surface area contributed by atoms with Crippen molar-refractivity contribution in [2.24, 2.45) is 0 Å². The predicted molar refractivity (Wildman–Crippen MR) is 84.4 cm³/mol. The summed E-state index contributed by atoms with van der Waals surface area (Å²) in [5, 5.41) is 4.46. The van der Waals surface area contributed by atoms with Crippen LogP contribution in [-0.4, -0.2) is 36.6 Å². The van der Waals surface area contributed by atoms with Crippen LogP contribution in [0.4, 0.5) is 0 Å². The number of nitrogens with zero attached hydrogens (tertiary/aromatic N) is 1. The van der Waals surface area contributed by atoms with Crippen LogP contribution in [0.5, 0.6) is 5.88 Å². The summed E-state index contributed by atoms with van der Waals surface area (Å²) in [6, 6.07) is 9.22. The molecule has 1 heterocycles. The topological polar surface area (TPSA) is 77.5 Å². The van der Waals surface area contributed by atoms with E-state index < -0.39 is 17.4 Å². The Morgan fingerprint density at radius 1 is 1.22 bits per heavy atom. The SMILES string of the molecule is COC(=O)C1(NC(=O)c2cc3ccccc3c(OC)n2)CCC1. The van der Waals surface area contributed by atoms with Crippen LogP contribution in [0.25, 0.3) is 10.8 Å². The molecule has 6 nitrogen and oxygen atoms in total. The third-order valence-corrected chi connectivity index (χ3v) is 4.27. The number of hydrogen-bond acceptors (Lipinski definition) is 5. The third-order valence-electron chi connectivity index (χ3n) is 4.27. The van der Waals surface area contributed by atoms with Crippen molar-refractivity contribution in [1.29, 1.82) is 0 Å². The number of nitrogens with one attached hydrogen (secondary N) is 1. The largest absolute Gasteiger partial charge is 0.481 e. The number of carbonyl (C=O) groups excluding carboxylic acids is 2. The van der Waals surface area contributed by atoms with E-state index in [0.717, 1.165) is 17.2 Å². The van der Waals surface area contributed by atoms with E-state index in [0.29, 0.717) is 18.7 Å². The van der Waals surface area contributed by atoms with Gasteiger partial charge in [-0.05, 0) is 36.8 Å². The number of fused-ring (bicyclic) bond motifs is 1. The van der Waals surface area contributed by atoms with Crippen molar-refractivity contribution in [1.82, 2.24) is 10.3 Å². The van der Waals surface area contributed by atoms with Crippen LogP contribution in [0, 0.1) is 0 Å². The van der Waals surface area contributed by atoms with Crippen LogP contribution in [0.2, 0.25) is 0 Å². The van der Waals surface area contributed by atoms with Gasteiger partial charge in [0.25, 0.3) is 5.91 Å². The Bertz CT molecular complexity index is 768.